The number of para-hydroxylation sites is 4. The van der Waals surface area contributed by atoms with Gasteiger partial charge in [-0.25, -0.2) is 4.98 Å². The average molecular weight is 323 g/mol. The van der Waals surface area contributed by atoms with Crippen molar-refractivity contribution in [1.29, 1.82) is 0 Å². The average Bonchev–Trinajstić information content (AvgIpc) is 3.09. The van der Waals surface area contributed by atoms with Gasteiger partial charge in [-0.15, -0.1) is 11.3 Å². The highest BCUT2D eigenvalue weighted by atomic mass is 32.1. The second kappa shape index (κ2) is 5.40. The molecule has 0 bridgehead atoms. The summed E-state index contributed by atoms with van der Waals surface area (Å²) >= 11 is 1.51. The van der Waals surface area contributed by atoms with Gasteiger partial charge in [0.15, 0.2) is 4.96 Å². The smallest absolute Gasteiger partial charge is 0.230 e. The lowest BCUT2D eigenvalue weighted by molar-refractivity contribution is -0.115. The summed E-state index contributed by atoms with van der Waals surface area (Å²) < 4.78 is 2.00. The van der Waals surface area contributed by atoms with Crippen LogP contribution in [0.5, 0.6) is 5.75 Å². The van der Waals surface area contributed by atoms with Crippen molar-refractivity contribution in [3.8, 4) is 5.75 Å². The molecule has 6 heteroatoms. The fourth-order valence-electron chi connectivity index (χ4n) is 2.59. The molecule has 0 radical (unpaired) electrons. The molecule has 0 aliphatic heterocycles. The summed E-state index contributed by atoms with van der Waals surface area (Å²) in [5.74, 6) is -0.117. The molecule has 4 rings (SSSR count). The van der Waals surface area contributed by atoms with Crippen molar-refractivity contribution in [2.24, 2.45) is 0 Å². The Morgan fingerprint density at radius 2 is 1.96 bits per heavy atom. The number of aromatic nitrogens is 2. The number of carbonyl (C=O) groups excluding carboxylic acids is 1. The second-order valence-corrected chi connectivity index (χ2v) is 6.02. The van der Waals surface area contributed by atoms with Crippen molar-refractivity contribution in [1.82, 2.24) is 9.38 Å². The summed E-state index contributed by atoms with van der Waals surface area (Å²) in [6.07, 6.45) is 0.217. The van der Waals surface area contributed by atoms with E-state index < -0.39 is 0 Å². The first-order valence-corrected chi connectivity index (χ1v) is 8.02. The lowest BCUT2D eigenvalue weighted by Gasteiger charge is -2.06. The number of rotatable bonds is 3. The lowest BCUT2D eigenvalue weighted by atomic mass is 10.2. The number of thiazole rings is 1. The molecule has 0 atom stereocenters. The standard InChI is InChI=1S/C17H13N3O2S/c21-15-8-4-2-6-13(15)18-16(22)9-11-10-23-17-19-12-5-1-3-7-14(12)20(11)17/h1-8,10,21H,9H2,(H,18,22). The van der Waals surface area contributed by atoms with E-state index in [1.54, 1.807) is 24.3 Å². The first-order valence-electron chi connectivity index (χ1n) is 7.14. The third-order valence-corrected chi connectivity index (χ3v) is 4.51. The normalized spacial score (nSPS) is 11.1. The Kier molecular flexibility index (Phi) is 3.24. The molecule has 2 aromatic carbocycles. The minimum atomic E-state index is -0.177. The summed E-state index contributed by atoms with van der Waals surface area (Å²) in [5.41, 5.74) is 3.21. The van der Waals surface area contributed by atoms with Crippen molar-refractivity contribution >= 4 is 38.9 Å². The van der Waals surface area contributed by atoms with Crippen LogP contribution in [-0.4, -0.2) is 20.4 Å². The molecule has 0 spiro atoms. The quantitative estimate of drug-likeness (QED) is 0.568. The van der Waals surface area contributed by atoms with Gasteiger partial charge in [0.25, 0.3) is 0 Å². The van der Waals surface area contributed by atoms with E-state index in [4.69, 9.17) is 0 Å². The number of hydrogen-bond acceptors (Lipinski definition) is 4. The highest BCUT2D eigenvalue weighted by molar-refractivity contribution is 7.15. The van der Waals surface area contributed by atoms with Gasteiger partial charge in [0, 0.05) is 11.1 Å². The van der Waals surface area contributed by atoms with Crippen LogP contribution < -0.4 is 5.32 Å². The molecule has 0 aliphatic carbocycles. The molecular weight excluding hydrogens is 310 g/mol. The predicted octanol–water partition coefficient (Wildman–Crippen LogP) is 3.44. The monoisotopic (exact) mass is 323 g/mol. The summed E-state index contributed by atoms with van der Waals surface area (Å²) in [4.78, 5) is 17.7. The van der Waals surface area contributed by atoms with Gasteiger partial charge in [0.2, 0.25) is 5.91 Å². The highest BCUT2D eigenvalue weighted by Crippen LogP contribution is 2.25. The molecule has 0 saturated heterocycles. The van der Waals surface area contributed by atoms with E-state index in [0.717, 1.165) is 21.7 Å². The molecule has 1 amide bonds. The Hall–Kier alpha value is -2.86. The molecule has 2 aromatic heterocycles. The zero-order chi connectivity index (χ0) is 15.8. The Labute approximate surface area is 135 Å². The van der Waals surface area contributed by atoms with Crippen LogP contribution in [0.1, 0.15) is 5.69 Å². The Bertz CT molecular complexity index is 1020. The molecule has 114 valence electrons. The van der Waals surface area contributed by atoms with Gasteiger partial charge >= 0.3 is 0 Å². The Balaban J connectivity index is 1.65. The number of fused-ring (bicyclic) bond motifs is 3. The number of aromatic hydroxyl groups is 1. The number of carbonyl (C=O) groups is 1. The van der Waals surface area contributed by atoms with Crippen LogP contribution >= 0.6 is 11.3 Å². The third kappa shape index (κ3) is 2.43. The number of imidazole rings is 1. The number of phenolic OH excluding ortho intramolecular Hbond substituents is 1. The molecule has 4 aromatic rings. The molecule has 2 heterocycles. The molecule has 0 aliphatic rings. The van der Waals surface area contributed by atoms with Gasteiger partial charge in [0.1, 0.15) is 5.75 Å². The van der Waals surface area contributed by atoms with Crippen LogP contribution in [0.15, 0.2) is 53.9 Å². The molecular formula is C17H13N3O2S. The molecule has 23 heavy (non-hydrogen) atoms. The zero-order valence-electron chi connectivity index (χ0n) is 12.1. The highest BCUT2D eigenvalue weighted by Gasteiger charge is 2.14. The van der Waals surface area contributed by atoms with E-state index in [-0.39, 0.29) is 18.1 Å². The first kappa shape index (κ1) is 13.8. The largest absolute Gasteiger partial charge is 0.506 e. The summed E-state index contributed by atoms with van der Waals surface area (Å²) in [6.45, 7) is 0. The maximum atomic E-state index is 12.3. The van der Waals surface area contributed by atoms with Crippen LogP contribution in [-0.2, 0) is 11.2 Å². The lowest BCUT2D eigenvalue weighted by Crippen LogP contribution is -2.15. The number of amides is 1. The number of hydrogen-bond donors (Lipinski definition) is 2. The summed E-state index contributed by atoms with van der Waals surface area (Å²) in [7, 11) is 0. The van der Waals surface area contributed by atoms with Crippen molar-refractivity contribution in [3.05, 3.63) is 59.6 Å². The number of nitrogens with one attached hydrogen (secondary N) is 1. The van der Waals surface area contributed by atoms with E-state index in [9.17, 15) is 9.90 Å². The van der Waals surface area contributed by atoms with Gasteiger partial charge in [0.05, 0.1) is 23.1 Å². The molecule has 0 saturated carbocycles. The molecule has 2 N–H and O–H groups in total. The Morgan fingerprint density at radius 3 is 2.83 bits per heavy atom. The third-order valence-electron chi connectivity index (χ3n) is 3.64. The SMILES string of the molecule is O=C(Cc1csc2nc3ccccc3n12)Nc1ccccc1O. The van der Waals surface area contributed by atoms with E-state index in [0.29, 0.717) is 5.69 Å². The summed E-state index contributed by atoms with van der Waals surface area (Å²) in [5, 5.41) is 14.4. The van der Waals surface area contributed by atoms with Crippen molar-refractivity contribution < 1.29 is 9.90 Å². The number of phenols is 1. The van der Waals surface area contributed by atoms with E-state index >= 15 is 0 Å². The minimum absolute atomic E-state index is 0.0596. The zero-order valence-corrected chi connectivity index (χ0v) is 12.9. The molecule has 0 unspecified atom stereocenters. The second-order valence-electron chi connectivity index (χ2n) is 5.19. The van der Waals surface area contributed by atoms with Crippen LogP contribution in [0.3, 0.4) is 0 Å². The van der Waals surface area contributed by atoms with Crippen LogP contribution in [0.4, 0.5) is 5.69 Å². The van der Waals surface area contributed by atoms with Gasteiger partial charge in [-0.3, -0.25) is 9.20 Å². The number of anilines is 1. The maximum Gasteiger partial charge on any atom is 0.230 e. The minimum Gasteiger partial charge on any atom is -0.506 e. The molecule has 0 fully saturated rings. The van der Waals surface area contributed by atoms with Crippen LogP contribution in [0.25, 0.3) is 16.0 Å². The Morgan fingerprint density at radius 1 is 1.17 bits per heavy atom. The van der Waals surface area contributed by atoms with Gasteiger partial charge < -0.3 is 10.4 Å². The van der Waals surface area contributed by atoms with Gasteiger partial charge in [-0.2, -0.15) is 0 Å². The van der Waals surface area contributed by atoms with E-state index in [1.807, 2.05) is 34.0 Å². The number of benzene rings is 2. The van der Waals surface area contributed by atoms with Gasteiger partial charge in [-0.1, -0.05) is 24.3 Å². The van der Waals surface area contributed by atoms with E-state index in [1.165, 1.54) is 11.3 Å². The predicted molar refractivity (Wildman–Crippen MR) is 91.0 cm³/mol. The first-order chi connectivity index (χ1) is 11.2. The topological polar surface area (TPSA) is 66.6 Å². The van der Waals surface area contributed by atoms with Crippen LogP contribution in [0.2, 0.25) is 0 Å². The molecule has 5 nitrogen and oxygen atoms in total. The van der Waals surface area contributed by atoms with Gasteiger partial charge in [-0.05, 0) is 24.3 Å². The fraction of sp³-hybridized carbons (Fsp3) is 0.0588. The summed E-state index contributed by atoms with van der Waals surface area (Å²) in [6, 6.07) is 14.6. The number of nitrogens with zero attached hydrogens (tertiary/aromatic N) is 2. The van der Waals surface area contributed by atoms with Crippen molar-refractivity contribution in [2.75, 3.05) is 5.32 Å². The van der Waals surface area contributed by atoms with E-state index in [2.05, 4.69) is 10.3 Å². The van der Waals surface area contributed by atoms with Crippen molar-refractivity contribution in [2.45, 2.75) is 6.42 Å². The van der Waals surface area contributed by atoms with Crippen LogP contribution in [0, 0.1) is 0 Å². The fourth-order valence-corrected chi connectivity index (χ4v) is 3.50. The van der Waals surface area contributed by atoms with Crippen molar-refractivity contribution in [3.63, 3.8) is 0 Å². The maximum absolute atomic E-state index is 12.3.